The Bertz CT molecular complexity index is 1490. The van der Waals surface area contributed by atoms with Crippen molar-refractivity contribution in [2.24, 2.45) is 0 Å². The molecule has 37 heavy (non-hydrogen) atoms. The van der Waals surface area contributed by atoms with Crippen molar-refractivity contribution in [3.8, 4) is 5.69 Å². The highest BCUT2D eigenvalue weighted by Crippen LogP contribution is 2.27. The van der Waals surface area contributed by atoms with Crippen molar-refractivity contribution in [2.75, 3.05) is 4.90 Å². The minimum atomic E-state index is -1.26. The second-order valence-electron chi connectivity index (χ2n) is 8.52. The molecule has 0 aliphatic carbocycles. The molecule has 3 aromatic rings. The number of hydrogen-bond donors (Lipinski definition) is 3. The molecule has 1 saturated heterocycles. The van der Waals surface area contributed by atoms with Crippen LogP contribution in [0.2, 0.25) is 0 Å². The number of carboxylic acid groups (broad SMARTS) is 2. The van der Waals surface area contributed by atoms with Crippen LogP contribution in [0.25, 0.3) is 11.8 Å². The second kappa shape index (κ2) is 9.82. The Hall–Kier alpha value is -4.57. The van der Waals surface area contributed by atoms with E-state index in [9.17, 15) is 29.4 Å². The van der Waals surface area contributed by atoms with Gasteiger partial charge in [0.1, 0.15) is 5.57 Å². The number of aromatic nitrogens is 1. The standard InChI is InChI=1S/C27H23N3O6S/c1-4-16-5-7-20(8-6-16)30-24(32)22(23(31)28-27(30)37)13-17-9-14(2)29(15(17)3)21-11-18(25(33)34)10-19(12-21)26(35)36/h5-13H,4H2,1-3H3,(H,33,34)(H,35,36)(H,28,31,37)/b22-13+. The summed E-state index contributed by atoms with van der Waals surface area (Å²) >= 11 is 5.27. The number of nitrogens with zero attached hydrogens (tertiary/aromatic N) is 2. The predicted octanol–water partition coefficient (Wildman–Crippen LogP) is 3.88. The first kappa shape index (κ1) is 25.5. The molecule has 2 heterocycles. The largest absolute Gasteiger partial charge is 0.478 e. The van der Waals surface area contributed by atoms with Crippen LogP contribution in [0.5, 0.6) is 0 Å². The highest BCUT2D eigenvalue weighted by Gasteiger charge is 2.34. The molecule has 2 aromatic carbocycles. The van der Waals surface area contributed by atoms with Gasteiger partial charge in [0.2, 0.25) is 0 Å². The van der Waals surface area contributed by atoms with Crippen LogP contribution in [0.1, 0.15) is 50.2 Å². The quantitative estimate of drug-likeness (QED) is 0.257. The van der Waals surface area contributed by atoms with Crippen molar-refractivity contribution < 1.29 is 29.4 Å². The van der Waals surface area contributed by atoms with Crippen molar-refractivity contribution in [3.63, 3.8) is 0 Å². The number of anilines is 1. The van der Waals surface area contributed by atoms with E-state index in [1.807, 2.05) is 19.1 Å². The monoisotopic (exact) mass is 517 g/mol. The molecule has 1 fully saturated rings. The molecular formula is C27H23N3O6S. The van der Waals surface area contributed by atoms with E-state index in [1.165, 1.54) is 23.1 Å². The van der Waals surface area contributed by atoms with E-state index < -0.39 is 23.8 Å². The molecule has 1 aliphatic heterocycles. The molecule has 0 radical (unpaired) electrons. The lowest BCUT2D eigenvalue weighted by molar-refractivity contribution is -0.122. The summed E-state index contributed by atoms with van der Waals surface area (Å²) in [5, 5.41) is 21.4. The Kier molecular flexibility index (Phi) is 6.78. The molecule has 9 nitrogen and oxygen atoms in total. The van der Waals surface area contributed by atoms with Crippen molar-refractivity contribution in [3.05, 3.63) is 87.7 Å². The minimum absolute atomic E-state index is 0.0199. The maximum atomic E-state index is 13.4. The van der Waals surface area contributed by atoms with Gasteiger partial charge in [-0.2, -0.15) is 0 Å². The third-order valence-electron chi connectivity index (χ3n) is 6.14. The zero-order valence-electron chi connectivity index (χ0n) is 20.2. The van der Waals surface area contributed by atoms with E-state index in [-0.39, 0.29) is 21.8 Å². The number of nitrogens with one attached hydrogen (secondary N) is 1. The Morgan fingerprint density at radius 3 is 2.08 bits per heavy atom. The highest BCUT2D eigenvalue weighted by molar-refractivity contribution is 7.80. The van der Waals surface area contributed by atoms with Crippen molar-refractivity contribution in [2.45, 2.75) is 27.2 Å². The molecule has 4 rings (SSSR count). The summed E-state index contributed by atoms with van der Waals surface area (Å²) in [6.45, 7) is 5.50. The zero-order valence-corrected chi connectivity index (χ0v) is 21.0. The molecule has 0 unspecified atom stereocenters. The summed E-state index contributed by atoms with van der Waals surface area (Å²) in [5.41, 5.74) is 3.21. The lowest BCUT2D eigenvalue weighted by atomic mass is 10.1. The normalized spacial score (nSPS) is 14.7. The van der Waals surface area contributed by atoms with Gasteiger partial charge in [0, 0.05) is 17.1 Å². The van der Waals surface area contributed by atoms with Crippen molar-refractivity contribution >= 4 is 52.8 Å². The van der Waals surface area contributed by atoms with Gasteiger partial charge < -0.3 is 14.8 Å². The number of thiocarbonyl (C=S) groups is 1. The summed E-state index contributed by atoms with van der Waals surface area (Å²) in [4.78, 5) is 50.5. The SMILES string of the molecule is CCc1ccc(N2C(=O)/C(=C/c3cc(C)n(-c4cc(C(=O)O)cc(C(=O)O)c4)c3C)C(=O)NC2=S)cc1. The first-order valence-corrected chi connectivity index (χ1v) is 11.7. The number of aryl methyl sites for hydroxylation is 2. The van der Waals surface area contributed by atoms with Crippen LogP contribution < -0.4 is 10.2 Å². The minimum Gasteiger partial charge on any atom is -0.478 e. The first-order valence-electron chi connectivity index (χ1n) is 11.3. The number of carbonyl (C=O) groups is 4. The van der Waals surface area contributed by atoms with Crippen LogP contribution in [0.3, 0.4) is 0 Å². The van der Waals surface area contributed by atoms with Gasteiger partial charge in [0.25, 0.3) is 11.8 Å². The Balaban J connectivity index is 1.78. The molecule has 0 bridgehead atoms. The van der Waals surface area contributed by atoms with Crippen LogP contribution >= 0.6 is 12.2 Å². The number of carbonyl (C=O) groups excluding carboxylic acids is 2. The van der Waals surface area contributed by atoms with Gasteiger partial charge in [-0.25, -0.2) is 9.59 Å². The lowest BCUT2D eigenvalue weighted by Crippen LogP contribution is -2.54. The van der Waals surface area contributed by atoms with Gasteiger partial charge in [0.05, 0.1) is 16.8 Å². The Labute approximate surface area is 217 Å². The smallest absolute Gasteiger partial charge is 0.335 e. The topological polar surface area (TPSA) is 129 Å². The van der Waals surface area contributed by atoms with Crippen LogP contribution in [-0.2, 0) is 16.0 Å². The van der Waals surface area contributed by atoms with Crippen molar-refractivity contribution in [1.29, 1.82) is 0 Å². The molecule has 10 heteroatoms. The molecular weight excluding hydrogens is 494 g/mol. The van der Waals surface area contributed by atoms with Gasteiger partial charge in [-0.3, -0.25) is 19.8 Å². The number of rotatable bonds is 6. The Morgan fingerprint density at radius 1 is 0.946 bits per heavy atom. The lowest BCUT2D eigenvalue weighted by Gasteiger charge is -2.29. The van der Waals surface area contributed by atoms with Crippen LogP contribution in [-0.4, -0.2) is 43.6 Å². The number of carboxylic acids is 2. The molecule has 1 aromatic heterocycles. The summed E-state index contributed by atoms with van der Waals surface area (Å²) < 4.78 is 1.67. The van der Waals surface area contributed by atoms with Crippen LogP contribution in [0, 0.1) is 13.8 Å². The zero-order chi connectivity index (χ0) is 27.0. The summed E-state index contributed by atoms with van der Waals surface area (Å²) in [5.74, 6) is -3.74. The third-order valence-corrected chi connectivity index (χ3v) is 6.43. The van der Waals surface area contributed by atoms with Gasteiger partial charge in [-0.05, 0) is 86.1 Å². The van der Waals surface area contributed by atoms with Gasteiger partial charge in [-0.1, -0.05) is 19.1 Å². The fourth-order valence-corrected chi connectivity index (χ4v) is 4.53. The third kappa shape index (κ3) is 4.78. The van der Waals surface area contributed by atoms with Gasteiger partial charge >= 0.3 is 11.9 Å². The maximum absolute atomic E-state index is 13.4. The van der Waals surface area contributed by atoms with Gasteiger partial charge in [0.15, 0.2) is 5.11 Å². The number of hydrogen-bond acceptors (Lipinski definition) is 5. The average Bonchev–Trinajstić information content (AvgIpc) is 3.14. The number of amides is 2. The second-order valence-corrected chi connectivity index (χ2v) is 8.91. The summed E-state index contributed by atoms with van der Waals surface area (Å²) in [6.07, 6.45) is 2.28. The molecule has 3 N–H and O–H groups in total. The van der Waals surface area contributed by atoms with E-state index in [2.05, 4.69) is 5.32 Å². The average molecular weight is 518 g/mol. The summed E-state index contributed by atoms with van der Waals surface area (Å²) in [7, 11) is 0. The molecule has 0 saturated carbocycles. The van der Waals surface area contributed by atoms with E-state index in [0.29, 0.717) is 28.3 Å². The van der Waals surface area contributed by atoms with Crippen LogP contribution in [0.4, 0.5) is 5.69 Å². The molecule has 1 aliphatic rings. The fourth-order valence-electron chi connectivity index (χ4n) is 4.25. The van der Waals surface area contributed by atoms with Gasteiger partial charge in [-0.15, -0.1) is 0 Å². The molecule has 188 valence electrons. The molecule has 0 atom stereocenters. The van der Waals surface area contributed by atoms with E-state index >= 15 is 0 Å². The maximum Gasteiger partial charge on any atom is 0.335 e. The van der Waals surface area contributed by atoms with Crippen LogP contribution in [0.15, 0.2) is 54.1 Å². The fraction of sp³-hybridized carbons (Fsp3) is 0.148. The Morgan fingerprint density at radius 2 is 1.54 bits per heavy atom. The van der Waals surface area contributed by atoms with E-state index in [0.717, 1.165) is 18.1 Å². The molecule has 2 amide bonds. The van der Waals surface area contributed by atoms with E-state index in [4.69, 9.17) is 12.2 Å². The number of aromatic carboxylic acids is 2. The molecule has 0 spiro atoms. The number of benzene rings is 2. The summed E-state index contributed by atoms with van der Waals surface area (Å²) in [6, 6.07) is 12.8. The predicted molar refractivity (Wildman–Crippen MR) is 141 cm³/mol. The van der Waals surface area contributed by atoms with Crippen molar-refractivity contribution in [1.82, 2.24) is 9.88 Å². The first-order chi connectivity index (χ1) is 17.5. The highest BCUT2D eigenvalue weighted by atomic mass is 32.1. The van der Waals surface area contributed by atoms with E-state index in [1.54, 1.807) is 36.6 Å².